The molecule has 3 rings (SSSR count). The highest BCUT2D eigenvalue weighted by molar-refractivity contribution is 6.33. The molecule has 0 aliphatic heterocycles. The number of carbonyl (C=O) groups excluding carboxylic acids is 1. The Kier molecular flexibility index (Phi) is 3.50. The van der Waals surface area contributed by atoms with Crippen molar-refractivity contribution in [3.63, 3.8) is 0 Å². The van der Waals surface area contributed by atoms with Gasteiger partial charge in [0.25, 0.3) is 0 Å². The molecule has 0 aliphatic rings. The molecule has 5 nitrogen and oxygen atoms in total. The van der Waals surface area contributed by atoms with Crippen LogP contribution in [-0.2, 0) is 11.3 Å². The monoisotopic (exact) mass is 300 g/mol. The van der Waals surface area contributed by atoms with Crippen molar-refractivity contribution < 1.29 is 4.79 Å². The molecule has 0 saturated carbocycles. The molecular weight excluding hydrogens is 288 g/mol. The largest absolute Gasteiger partial charge is 0.399 e. The van der Waals surface area contributed by atoms with Gasteiger partial charge in [0, 0.05) is 11.1 Å². The van der Waals surface area contributed by atoms with E-state index in [1.54, 1.807) is 35.1 Å². The number of anilines is 2. The van der Waals surface area contributed by atoms with Crippen molar-refractivity contribution in [3.05, 3.63) is 53.7 Å². The summed E-state index contributed by atoms with van der Waals surface area (Å²) in [6.45, 7) is 0.0954. The van der Waals surface area contributed by atoms with Gasteiger partial charge in [-0.25, -0.2) is 0 Å². The molecule has 1 heterocycles. The predicted molar refractivity (Wildman–Crippen MR) is 84.2 cm³/mol. The topological polar surface area (TPSA) is 72.9 Å². The number of amides is 1. The number of hydrogen-bond acceptors (Lipinski definition) is 3. The molecular formula is C15H13ClN4O. The van der Waals surface area contributed by atoms with Crippen LogP contribution < -0.4 is 11.1 Å². The molecule has 0 fully saturated rings. The fraction of sp³-hybridized carbons (Fsp3) is 0.0667. The maximum Gasteiger partial charge on any atom is 0.246 e. The second kappa shape index (κ2) is 5.46. The number of aromatic nitrogens is 2. The first-order chi connectivity index (χ1) is 10.1. The number of nitrogens with two attached hydrogens (primary N) is 1. The second-order valence-electron chi connectivity index (χ2n) is 4.65. The number of nitrogens with one attached hydrogen (secondary N) is 1. The molecule has 1 aromatic heterocycles. The number of fused-ring (bicyclic) bond motifs is 1. The lowest BCUT2D eigenvalue weighted by Gasteiger charge is -2.08. The molecule has 0 saturated heterocycles. The van der Waals surface area contributed by atoms with Crippen molar-refractivity contribution in [3.8, 4) is 0 Å². The van der Waals surface area contributed by atoms with Crippen LogP contribution in [0.25, 0.3) is 10.9 Å². The van der Waals surface area contributed by atoms with Gasteiger partial charge in [-0.1, -0.05) is 23.7 Å². The van der Waals surface area contributed by atoms with Crippen molar-refractivity contribution in [2.24, 2.45) is 0 Å². The fourth-order valence-corrected chi connectivity index (χ4v) is 2.28. The van der Waals surface area contributed by atoms with E-state index < -0.39 is 0 Å². The number of carbonyl (C=O) groups is 1. The number of halogens is 1. The van der Waals surface area contributed by atoms with Gasteiger partial charge in [-0.05, 0) is 30.3 Å². The van der Waals surface area contributed by atoms with Gasteiger partial charge in [0.15, 0.2) is 0 Å². The molecule has 0 aliphatic carbocycles. The zero-order valence-electron chi connectivity index (χ0n) is 11.1. The molecule has 3 N–H and O–H groups in total. The smallest absolute Gasteiger partial charge is 0.246 e. The van der Waals surface area contributed by atoms with Crippen LogP contribution in [-0.4, -0.2) is 15.7 Å². The molecule has 0 radical (unpaired) electrons. The van der Waals surface area contributed by atoms with Crippen LogP contribution in [0.3, 0.4) is 0 Å². The van der Waals surface area contributed by atoms with E-state index in [-0.39, 0.29) is 12.5 Å². The van der Waals surface area contributed by atoms with Gasteiger partial charge in [-0.15, -0.1) is 0 Å². The van der Waals surface area contributed by atoms with Crippen LogP contribution >= 0.6 is 11.6 Å². The summed E-state index contributed by atoms with van der Waals surface area (Å²) >= 11 is 6.01. The van der Waals surface area contributed by atoms with E-state index in [1.165, 1.54) is 0 Å². The summed E-state index contributed by atoms with van der Waals surface area (Å²) < 4.78 is 1.61. The number of benzene rings is 2. The minimum Gasteiger partial charge on any atom is -0.399 e. The highest BCUT2D eigenvalue weighted by atomic mass is 35.5. The molecule has 2 aromatic carbocycles. The lowest BCUT2D eigenvalue weighted by atomic mass is 10.2. The summed E-state index contributed by atoms with van der Waals surface area (Å²) in [4.78, 5) is 12.1. The lowest BCUT2D eigenvalue weighted by molar-refractivity contribution is -0.116. The van der Waals surface area contributed by atoms with E-state index in [0.717, 1.165) is 10.9 Å². The van der Waals surface area contributed by atoms with E-state index in [9.17, 15) is 4.79 Å². The molecule has 6 heteroatoms. The maximum absolute atomic E-state index is 12.1. The number of rotatable bonds is 3. The Bertz CT molecular complexity index is 812. The molecule has 106 valence electrons. The van der Waals surface area contributed by atoms with E-state index in [4.69, 9.17) is 17.3 Å². The summed E-state index contributed by atoms with van der Waals surface area (Å²) in [5.41, 5.74) is 7.81. The number of hydrogen-bond donors (Lipinski definition) is 2. The average molecular weight is 301 g/mol. The van der Waals surface area contributed by atoms with Crippen LogP contribution in [0.15, 0.2) is 48.7 Å². The second-order valence-corrected chi connectivity index (χ2v) is 5.06. The summed E-state index contributed by atoms with van der Waals surface area (Å²) in [6, 6.07) is 12.6. The molecule has 0 atom stereocenters. The van der Waals surface area contributed by atoms with Crippen molar-refractivity contribution in [1.82, 2.24) is 9.78 Å². The molecule has 21 heavy (non-hydrogen) atoms. The van der Waals surface area contributed by atoms with Crippen LogP contribution in [0.4, 0.5) is 11.4 Å². The molecule has 3 aromatic rings. The number of para-hydroxylation sites is 1. The quantitative estimate of drug-likeness (QED) is 0.730. The Balaban J connectivity index is 1.80. The summed E-state index contributed by atoms with van der Waals surface area (Å²) in [7, 11) is 0. The zero-order chi connectivity index (χ0) is 14.8. The lowest BCUT2D eigenvalue weighted by Crippen LogP contribution is -2.19. The van der Waals surface area contributed by atoms with E-state index in [0.29, 0.717) is 16.4 Å². The Labute approximate surface area is 126 Å². The minimum absolute atomic E-state index is 0.0954. The third-order valence-electron chi connectivity index (χ3n) is 3.11. The SMILES string of the molecule is Nc1ccc2cnn(CC(=O)Nc3ccccc3Cl)c2c1. The van der Waals surface area contributed by atoms with Gasteiger partial charge >= 0.3 is 0 Å². The fourth-order valence-electron chi connectivity index (χ4n) is 2.10. The number of nitrogen functional groups attached to an aromatic ring is 1. The van der Waals surface area contributed by atoms with Gasteiger partial charge in [-0.3, -0.25) is 9.48 Å². The van der Waals surface area contributed by atoms with E-state index in [1.807, 2.05) is 18.2 Å². The summed E-state index contributed by atoms with van der Waals surface area (Å²) in [5.74, 6) is -0.199. The first kappa shape index (κ1) is 13.5. The molecule has 1 amide bonds. The predicted octanol–water partition coefficient (Wildman–Crippen LogP) is 2.91. The molecule has 0 spiro atoms. The van der Waals surface area contributed by atoms with Crippen LogP contribution in [0.1, 0.15) is 0 Å². The average Bonchev–Trinajstić information content (AvgIpc) is 2.84. The molecule has 0 bridgehead atoms. The van der Waals surface area contributed by atoms with Crippen molar-refractivity contribution in [2.45, 2.75) is 6.54 Å². The zero-order valence-corrected chi connectivity index (χ0v) is 11.8. The maximum atomic E-state index is 12.1. The summed E-state index contributed by atoms with van der Waals surface area (Å²) in [6.07, 6.45) is 1.71. The Hall–Kier alpha value is -2.53. The van der Waals surface area contributed by atoms with Gasteiger partial charge in [0.2, 0.25) is 5.91 Å². The van der Waals surface area contributed by atoms with Crippen molar-refractivity contribution in [2.75, 3.05) is 11.1 Å². The highest BCUT2D eigenvalue weighted by Gasteiger charge is 2.09. The highest BCUT2D eigenvalue weighted by Crippen LogP contribution is 2.21. The Morgan fingerprint density at radius 2 is 2.10 bits per heavy atom. The minimum atomic E-state index is -0.199. The third kappa shape index (κ3) is 2.83. The van der Waals surface area contributed by atoms with Crippen molar-refractivity contribution in [1.29, 1.82) is 0 Å². The number of nitrogens with zero attached hydrogens (tertiary/aromatic N) is 2. The van der Waals surface area contributed by atoms with Gasteiger partial charge in [-0.2, -0.15) is 5.10 Å². The third-order valence-corrected chi connectivity index (χ3v) is 3.44. The summed E-state index contributed by atoms with van der Waals surface area (Å²) in [5, 5.41) is 8.41. The normalized spacial score (nSPS) is 10.7. The first-order valence-electron chi connectivity index (χ1n) is 6.39. The van der Waals surface area contributed by atoms with Gasteiger partial charge < -0.3 is 11.1 Å². The van der Waals surface area contributed by atoms with Crippen LogP contribution in [0.2, 0.25) is 5.02 Å². The molecule has 0 unspecified atom stereocenters. The van der Waals surface area contributed by atoms with Gasteiger partial charge in [0.05, 0.1) is 22.4 Å². The first-order valence-corrected chi connectivity index (χ1v) is 6.77. The Morgan fingerprint density at radius 3 is 2.90 bits per heavy atom. The van der Waals surface area contributed by atoms with E-state index in [2.05, 4.69) is 10.4 Å². The van der Waals surface area contributed by atoms with Crippen LogP contribution in [0, 0.1) is 0 Å². The van der Waals surface area contributed by atoms with Crippen molar-refractivity contribution >= 4 is 39.8 Å². The van der Waals surface area contributed by atoms with Gasteiger partial charge in [0.1, 0.15) is 6.54 Å². The van der Waals surface area contributed by atoms with E-state index >= 15 is 0 Å². The van der Waals surface area contributed by atoms with Crippen LogP contribution in [0.5, 0.6) is 0 Å². The Morgan fingerprint density at radius 1 is 1.29 bits per heavy atom. The standard InChI is InChI=1S/C15H13ClN4O/c16-12-3-1-2-4-13(12)19-15(21)9-20-14-7-11(17)6-5-10(14)8-18-20/h1-8H,9,17H2,(H,19,21).